The van der Waals surface area contributed by atoms with Crippen molar-refractivity contribution in [2.75, 3.05) is 51.0 Å². The molecular formula is C21H26N4O3. The van der Waals surface area contributed by atoms with E-state index in [1.54, 1.807) is 0 Å². The Morgan fingerprint density at radius 3 is 2.68 bits per heavy atom. The van der Waals surface area contributed by atoms with E-state index >= 15 is 0 Å². The fourth-order valence-electron chi connectivity index (χ4n) is 3.59. The molecular weight excluding hydrogens is 356 g/mol. The molecule has 0 bridgehead atoms. The van der Waals surface area contributed by atoms with Crippen LogP contribution in [0.25, 0.3) is 0 Å². The molecule has 0 saturated carbocycles. The molecule has 1 aromatic carbocycles. The van der Waals surface area contributed by atoms with Gasteiger partial charge in [-0.2, -0.15) is 0 Å². The van der Waals surface area contributed by atoms with E-state index in [0.717, 1.165) is 55.6 Å². The smallest absolute Gasteiger partial charge is 0.236 e. The van der Waals surface area contributed by atoms with Crippen LogP contribution in [-0.2, 0) is 11.3 Å². The van der Waals surface area contributed by atoms with Crippen LogP contribution in [0.3, 0.4) is 0 Å². The number of nitrogens with zero attached hydrogens (tertiary/aromatic N) is 4. The fourth-order valence-corrected chi connectivity index (χ4v) is 3.59. The van der Waals surface area contributed by atoms with Crippen LogP contribution in [0, 0.1) is 0 Å². The van der Waals surface area contributed by atoms with Crippen molar-refractivity contribution < 1.29 is 14.3 Å². The maximum Gasteiger partial charge on any atom is 0.236 e. The summed E-state index contributed by atoms with van der Waals surface area (Å²) in [6, 6.07) is 11.9. The predicted octanol–water partition coefficient (Wildman–Crippen LogP) is 1.98. The average molecular weight is 382 g/mol. The van der Waals surface area contributed by atoms with Crippen molar-refractivity contribution in [1.82, 2.24) is 14.8 Å². The zero-order valence-electron chi connectivity index (χ0n) is 16.2. The molecule has 0 spiro atoms. The SMILES string of the molecule is CCN(CC(=O)N1CCN(c2ccccn2)CC1)Cc1ccc2c(c1)OCO2. The largest absolute Gasteiger partial charge is 0.454 e. The van der Waals surface area contributed by atoms with Crippen molar-refractivity contribution in [2.24, 2.45) is 0 Å². The molecule has 3 heterocycles. The van der Waals surface area contributed by atoms with E-state index in [1.165, 1.54) is 0 Å². The number of anilines is 1. The third kappa shape index (κ3) is 4.20. The maximum absolute atomic E-state index is 12.8. The van der Waals surface area contributed by atoms with Crippen LogP contribution in [0.4, 0.5) is 5.82 Å². The van der Waals surface area contributed by atoms with Gasteiger partial charge in [-0.15, -0.1) is 0 Å². The van der Waals surface area contributed by atoms with Gasteiger partial charge in [0.2, 0.25) is 12.7 Å². The molecule has 1 fully saturated rings. The Morgan fingerprint density at radius 2 is 1.93 bits per heavy atom. The molecule has 4 rings (SSSR count). The fraction of sp³-hybridized carbons (Fsp3) is 0.429. The van der Waals surface area contributed by atoms with Crippen LogP contribution in [-0.4, -0.2) is 66.8 Å². The summed E-state index contributed by atoms with van der Waals surface area (Å²) in [6.07, 6.45) is 1.81. The first-order chi connectivity index (χ1) is 13.7. The number of carbonyl (C=O) groups excluding carboxylic acids is 1. The second-order valence-corrected chi connectivity index (χ2v) is 7.05. The molecule has 2 aliphatic heterocycles. The van der Waals surface area contributed by atoms with Gasteiger partial charge in [-0.3, -0.25) is 9.69 Å². The summed E-state index contributed by atoms with van der Waals surface area (Å²) in [5.74, 6) is 2.73. The summed E-state index contributed by atoms with van der Waals surface area (Å²) in [6.45, 7) is 7.41. The first-order valence-electron chi connectivity index (χ1n) is 9.77. The second-order valence-electron chi connectivity index (χ2n) is 7.05. The Hall–Kier alpha value is -2.80. The highest BCUT2D eigenvalue weighted by Gasteiger charge is 2.23. The summed E-state index contributed by atoms with van der Waals surface area (Å²) >= 11 is 0. The molecule has 28 heavy (non-hydrogen) atoms. The van der Waals surface area contributed by atoms with Gasteiger partial charge in [-0.25, -0.2) is 4.98 Å². The highest BCUT2D eigenvalue weighted by Crippen LogP contribution is 2.32. The predicted molar refractivity (Wildman–Crippen MR) is 107 cm³/mol. The van der Waals surface area contributed by atoms with E-state index in [-0.39, 0.29) is 12.7 Å². The van der Waals surface area contributed by atoms with Gasteiger partial charge in [0.15, 0.2) is 11.5 Å². The van der Waals surface area contributed by atoms with Crippen molar-refractivity contribution in [3.8, 4) is 11.5 Å². The van der Waals surface area contributed by atoms with Gasteiger partial charge in [0.1, 0.15) is 5.82 Å². The number of aromatic nitrogens is 1. The molecule has 0 atom stereocenters. The molecule has 1 saturated heterocycles. The lowest BCUT2D eigenvalue weighted by molar-refractivity contribution is -0.132. The molecule has 2 aliphatic rings. The average Bonchev–Trinajstić information content (AvgIpc) is 3.22. The molecule has 7 nitrogen and oxygen atoms in total. The molecule has 2 aromatic rings. The maximum atomic E-state index is 12.8. The summed E-state index contributed by atoms with van der Waals surface area (Å²) < 4.78 is 10.8. The molecule has 7 heteroatoms. The summed E-state index contributed by atoms with van der Waals surface area (Å²) in [5, 5.41) is 0. The lowest BCUT2D eigenvalue weighted by Crippen LogP contribution is -2.51. The number of hydrogen-bond acceptors (Lipinski definition) is 6. The van der Waals surface area contributed by atoms with Gasteiger partial charge in [-0.05, 0) is 36.4 Å². The monoisotopic (exact) mass is 382 g/mol. The second kappa shape index (κ2) is 8.48. The number of fused-ring (bicyclic) bond motifs is 1. The van der Waals surface area contributed by atoms with E-state index in [4.69, 9.17) is 9.47 Å². The topological polar surface area (TPSA) is 58.1 Å². The normalized spacial score (nSPS) is 15.9. The van der Waals surface area contributed by atoms with Crippen molar-refractivity contribution >= 4 is 11.7 Å². The van der Waals surface area contributed by atoms with Crippen LogP contribution in [0.5, 0.6) is 11.5 Å². The standard InChI is InChI=1S/C21H26N4O3/c1-2-23(14-17-6-7-18-19(13-17)28-16-27-18)15-21(26)25-11-9-24(10-12-25)20-5-3-4-8-22-20/h3-8,13H,2,9-12,14-16H2,1H3. The molecule has 1 amide bonds. The van der Waals surface area contributed by atoms with E-state index in [2.05, 4.69) is 21.7 Å². The highest BCUT2D eigenvalue weighted by atomic mass is 16.7. The number of pyridine rings is 1. The van der Waals surface area contributed by atoms with Crippen molar-refractivity contribution in [1.29, 1.82) is 0 Å². The van der Waals surface area contributed by atoms with Crippen LogP contribution in [0.15, 0.2) is 42.6 Å². The first-order valence-corrected chi connectivity index (χ1v) is 9.77. The van der Waals surface area contributed by atoms with Gasteiger partial charge >= 0.3 is 0 Å². The van der Waals surface area contributed by atoms with Crippen molar-refractivity contribution in [3.63, 3.8) is 0 Å². The van der Waals surface area contributed by atoms with E-state index in [0.29, 0.717) is 13.1 Å². The number of amides is 1. The zero-order chi connectivity index (χ0) is 19.3. The zero-order valence-corrected chi connectivity index (χ0v) is 16.2. The minimum atomic E-state index is 0.184. The molecule has 0 radical (unpaired) electrons. The third-order valence-electron chi connectivity index (χ3n) is 5.25. The Labute approximate surface area is 165 Å². The minimum Gasteiger partial charge on any atom is -0.454 e. The number of rotatable bonds is 6. The Kier molecular flexibility index (Phi) is 5.62. The number of hydrogen-bond donors (Lipinski definition) is 0. The van der Waals surface area contributed by atoms with Gasteiger partial charge in [0.05, 0.1) is 6.54 Å². The van der Waals surface area contributed by atoms with Gasteiger partial charge < -0.3 is 19.3 Å². The first kappa shape index (κ1) is 18.6. The van der Waals surface area contributed by atoms with E-state index in [1.807, 2.05) is 47.5 Å². The molecule has 148 valence electrons. The van der Waals surface area contributed by atoms with E-state index in [9.17, 15) is 4.79 Å². The number of likely N-dealkylation sites (N-methyl/N-ethyl adjacent to an activating group) is 1. The van der Waals surface area contributed by atoms with Crippen LogP contribution >= 0.6 is 0 Å². The van der Waals surface area contributed by atoms with Crippen LogP contribution in [0.1, 0.15) is 12.5 Å². The third-order valence-corrected chi connectivity index (χ3v) is 5.25. The summed E-state index contributed by atoms with van der Waals surface area (Å²) in [4.78, 5) is 23.5. The quantitative estimate of drug-likeness (QED) is 0.762. The van der Waals surface area contributed by atoms with Crippen molar-refractivity contribution in [2.45, 2.75) is 13.5 Å². The van der Waals surface area contributed by atoms with Gasteiger partial charge in [-0.1, -0.05) is 19.1 Å². The Bertz CT molecular complexity index is 807. The van der Waals surface area contributed by atoms with Gasteiger partial charge in [0, 0.05) is 38.9 Å². The van der Waals surface area contributed by atoms with Crippen LogP contribution < -0.4 is 14.4 Å². The number of benzene rings is 1. The van der Waals surface area contributed by atoms with Crippen molar-refractivity contribution in [3.05, 3.63) is 48.2 Å². The lowest BCUT2D eigenvalue weighted by atomic mass is 10.2. The Balaban J connectivity index is 1.30. The van der Waals surface area contributed by atoms with Crippen LogP contribution in [0.2, 0.25) is 0 Å². The summed E-state index contributed by atoms with van der Waals surface area (Å²) in [7, 11) is 0. The number of carbonyl (C=O) groups is 1. The minimum absolute atomic E-state index is 0.184. The Morgan fingerprint density at radius 1 is 1.11 bits per heavy atom. The number of ether oxygens (including phenoxy) is 2. The van der Waals surface area contributed by atoms with E-state index < -0.39 is 0 Å². The highest BCUT2D eigenvalue weighted by molar-refractivity contribution is 5.78. The molecule has 0 aliphatic carbocycles. The van der Waals surface area contributed by atoms with Gasteiger partial charge in [0.25, 0.3) is 0 Å². The summed E-state index contributed by atoms with van der Waals surface area (Å²) in [5.41, 5.74) is 1.12. The molecule has 1 aromatic heterocycles. The molecule has 0 N–H and O–H groups in total. The molecule has 0 unspecified atom stereocenters. The number of piperazine rings is 1. The lowest BCUT2D eigenvalue weighted by Gasteiger charge is -2.36.